The van der Waals surface area contributed by atoms with Crippen LogP contribution in [-0.2, 0) is 16.1 Å². The highest BCUT2D eigenvalue weighted by molar-refractivity contribution is 6.21. The quantitative estimate of drug-likeness (QED) is 0.764. The largest absolute Gasteiger partial charge is 0.381 e. The Labute approximate surface area is 169 Å². The van der Waals surface area contributed by atoms with E-state index < -0.39 is 12.1 Å². The number of nitrogens with one attached hydrogen (secondary N) is 2. The lowest BCUT2D eigenvalue weighted by molar-refractivity contribution is -0.120. The normalized spacial score (nSPS) is 21.7. The van der Waals surface area contributed by atoms with Gasteiger partial charge in [0, 0.05) is 24.6 Å². The molecule has 2 atom stereocenters. The first-order chi connectivity index (χ1) is 14.1. The number of hydrogen-bond donors (Lipinski definition) is 2. The second-order valence-electron chi connectivity index (χ2n) is 7.30. The third kappa shape index (κ3) is 4.14. The van der Waals surface area contributed by atoms with Crippen LogP contribution in [0, 0.1) is 5.92 Å². The van der Waals surface area contributed by atoms with Gasteiger partial charge in [-0.1, -0.05) is 36.4 Å². The summed E-state index contributed by atoms with van der Waals surface area (Å²) in [7, 11) is 0. The molecule has 2 aromatic rings. The molecule has 0 saturated carbocycles. The van der Waals surface area contributed by atoms with Crippen molar-refractivity contribution in [3.05, 3.63) is 65.7 Å². The van der Waals surface area contributed by atoms with E-state index in [1.165, 1.54) is 0 Å². The minimum absolute atomic E-state index is 0.0254. The molecule has 2 aliphatic rings. The summed E-state index contributed by atoms with van der Waals surface area (Å²) < 4.78 is 5.46. The maximum Gasteiger partial charge on any atom is 0.329 e. The first kappa shape index (κ1) is 19.1. The topological polar surface area (TPSA) is 87.7 Å². The number of nitrogens with zero attached hydrogens (tertiary/aromatic N) is 1. The number of ether oxygens (including phenoxy) is 1. The molecule has 4 amide bonds. The molecule has 150 valence electrons. The highest BCUT2D eigenvalue weighted by atomic mass is 16.5. The number of hydrogen-bond acceptors (Lipinski definition) is 4. The van der Waals surface area contributed by atoms with Crippen LogP contribution < -0.4 is 15.5 Å². The lowest BCUT2D eigenvalue weighted by atomic mass is 9.93. The number of rotatable bonds is 5. The van der Waals surface area contributed by atoms with E-state index in [2.05, 4.69) is 10.6 Å². The zero-order chi connectivity index (χ0) is 20.2. The standard InChI is InChI=1S/C22H23N3O4/c26-20(23-13-15-6-2-1-3-7-15)16-8-4-10-18(12-16)25-21(27)19(24-22(25)28)17-9-5-11-29-14-17/h1-4,6-8,10,12,17,19H,5,9,11,13-14H2,(H,23,26)(H,24,28). The summed E-state index contributed by atoms with van der Waals surface area (Å²) in [6.07, 6.45) is 1.72. The molecule has 2 N–H and O–H groups in total. The summed E-state index contributed by atoms with van der Waals surface area (Å²) in [5, 5.41) is 5.63. The van der Waals surface area contributed by atoms with Crippen LogP contribution >= 0.6 is 0 Å². The second-order valence-corrected chi connectivity index (χ2v) is 7.30. The van der Waals surface area contributed by atoms with E-state index in [1.54, 1.807) is 24.3 Å². The molecule has 2 fully saturated rings. The van der Waals surface area contributed by atoms with Crippen LogP contribution in [-0.4, -0.2) is 37.1 Å². The van der Waals surface area contributed by atoms with E-state index in [-0.39, 0.29) is 17.7 Å². The Morgan fingerprint density at radius 3 is 2.72 bits per heavy atom. The van der Waals surface area contributed by atoms with E-state index in [0.717, 1.165) is 23.3 Å². The van der Waals surface area contributed by atoms with Crippen LogP contribution in [0.4, 0.5) is 10.5 Å². The molecule has 7 heteroatoms. The fourth-order valence-corrected chi connectivity index (χ4v) is 3.76. The Morgan fingerprint density at radius 1 is 1.14 bits per heavy atom. The van der Waals surface area contributed by atoms with Crippen molar-refractivity contribution < 1.29 is 19.1 Å². The Morgan fingerprint density at radius 2 is 1.97 bits per heavy atom. The molecule has 0 bridgehead atoms. The van der Waals surface area contributed by atoms with Gasteiger partial charge in [-0.2, -0.15) is 0 Å². The van der Waals surface area contributed by atoms with Crippen molar-refractivity contribution in [3.63, 3.8) is 0 Å². The van der Waals surface area contributed by atoms with Crippen LogP contribution in [0.25, 0.3) is 0 Å². The molecule has 2 saturated heterocycles. The molecule has 2 aliphatic heterocycles. The van der Waals surface area contributed by atoms with Gasteiger partial charge in [0.1, 0.15) is 6.04 Å². The average Bonchev–Trinajstić information content (AvgIpc) is 3.07. The van der Waals surface area contributed by atoms with Crippen molar-refractivity contribution in [2.75, 3.05) is 18.1 Å². The molecule has 0 aromatic heterocycles. The smallest absolute Gasteiger partial charge is 0.329 e. The molecule has 0 radical (unpaired) electrons. The lowest BCUT2D eigenvalue weighted by Crippen LogP contribution is -2.41. The molecular formula is C22H23N3O4. The molecule has 0 spiro atoms. The van der Waals surface area contributed by atoms with Gasteiger partial charge in [-0.15, -0.1) is 0 Å². The van der Waals surface area contributed by atoms with Crippen molar-refractivity contribution in [2.24, 2.45) is 5.92 Å². The Bertz CT molecular complexity index is 909. The predicted molar refractivity (Wildman–Crippen MR) is 107 cm³/mol. The first-order valence-electron chi connectivity index (χ1n) is 9.78. The van der Waals surface area contributed by atoms with E-state index in [4.69, 9.17) is 4.74 Å². The van der Waals surface area contributed by atoms with Gasteiger partial charge in [-0.3, -0.25) is 9.59 Å². The molecule has 2 unspecified atom stereocenters. The lowest BCUT2D eigenvalue weighted by Gasteiger charge is -2.25. The average molecular weight is 393 g/mol. The third-order valence-electron chi connectivity index (χ3n) is 5.30. The minimum atomic E-state index is -0.585. The predicted octanol–water partition coefficient (Wildman–Crippen LogP) is 2.47. The monoisotopic (exact) mass is 393 g/mol. The fraction of sp³-hybridized carbons (Fsp3) is 0.318. The SMILES string of the molecule is O=C(NCc1ccccc1)c1cccc(N2C(=O)NC(C3CCCOC3)C2=O)c1. The molecular weight excluding hydrogens is 370 g/mol. The Hall–Kier alpha value is -3.19. The number of benzene rings is 2. The van der Waals surface area contributed by atoms with E-state index in [0.29, 0.717) is 31.0 Å². The summed E-state index contributed by atoms with van der Waals surface area (Å²) >= 11 is 0. The summed E-state index contributed by atoms with van der Waals surface area (Å²) in [4.78, 5) is 39.0. The van der Waals surface area contributed by atoms with Gasteiger partial charge in [0.2, 0.25) is 0 Å². The fourth-order valence-electron chi connectivity index (χ4n) is 3.76. The summed E-state index contributed by atoms with van der Waals surface area (Å²) in [5.74, 6) is -0.588. The number of amides is 4. The molecule has 0 aliphatic carbocycles. The van der Waals surface area contributed by atoms with Crippen LogP contribution in [0.2, 0.25) is 0 Å². The third-order valence-corrected chi connectivity index (χ3v) is 5.30. The van der Waals surface area contributed by atoms with Crippen molar-refractivity contribution in [2.45, 2.75) is 25.4 Å². The molecule has 4 rings (SSSR count). The molecule has 2 aromatic carbocycles. The van der Waals surface area contributed by atoms with Gasteiger partial charge >= 0.3 is 6.03 Å². The highest BCUT2D eigenvalue weighted by Gasteiger charge is 2.43. The Kier molecular flexibility index (Phi) is 5.57. The van der Waals surface area contributed by atoms with Crippen molar-refractivity contribution in [1.82, 2.24) is 10.6 Å². The number of carbonyl (C=O) groups is 3. The summed E-state index contributed by atoms with van der Waals surface area (Å²) in [6.45, 7) is 1.55. The Balaban J connectivity index is 1.47. The minimum Gasteiger partial charge on any atom is -0.381 e. The number of carbonyl (C=O) groups excluding carboxylic acids is 3. The van der Waals surface area contributed by atoms with Gasteiger partial charge in [0.05, 0.1) is 12.3 Å². The van der Waals surface area contributed by atoms with Gasteiger partial charge < -0.3 is 15.4 Å². The van der Waals surface area contributed by atoms with Crippen LogP contribution in [0.3, 0.4) is 0 Å². The van der Waals surface area contributed by atoms with Gasteiger partial charge in [0.15, 0.2) is 0 Å². The molecule has 29 heavy (non-hydrogen) atoms. The van der Waals surface area contributed by atoms with Crippen LogP contribution in [0.1, 0.15) is 28.8 Å². The maximum atomic E-state index is 12.9. The van der Waals surface area contributed by atoms with Crippen molar-refractivity contribution in [3.8, 4) is 0 Å². The summed E-state index contributed by atoms with van der Waals surface area (Å²) in [6, 6.07) is 15.1. The number of urea groups is 1. The number of anilines is 1. The van der Waals surface area contributed by atoms with E-state index in [1.807, 2.05) is 30.3 Å². The van der Waals surface area contributed by atoms with Gasteiger partial charge in [0.25, 0.3) is 11.8 Å². The zero-order valence-electron chi connectivity index (χ0n) is 16.0. The molecule has 7 nitrogen and oxygen atoms in total. The highest BCUT2D eigenvalue weighted by Crippen LogP contribution is 2.27. The first-order valence-corrected chi connectivity index (χ1v) is 9.78. The van der Waals surface area contributed by atoms with E-state index in [9.17, 15) is 14.4 Å². The van der Waals surface area contributed by atoms with Crippen LogP contribution in [0.15, 0.2) is 54.6 Å². The van der Waals surface area contributed by atoms with Crippen molar-refractivity contribution in [1.29, 1.82) is 0 Å². The van der Waals surface area contributed by atoms with Crippen molar-refractivity contribution >= 4 is 23.5 Å². The second kappa shape index (κ2) is 8.45. The summed E-state index contributed by atoms with van der Waals surface area (Å²) in [5.41, 5.74) is 1.77. The van der Waals surface area contributed by atoms with Crippen LogP contribution in [0.5, 0.6) is 0 Å². The zero-order valence-corrected chi connectivity index (χ0v) is 16.0. The molecule has 2 heterocycles. The maximum absolute atomic E-state index is 12.9. The van der Waals surface area contributed by atoms with E-state index >= 15 is 0 Å². The van der Waals surface area contributed by atoms with Gasteiger partial charge in [-0.25, -0.2) is 9.69 Å². The number of imide groups is 1. The van der Waals surface area contributed by atoms with Gasteiger partial charge in [-0.05, 0) is 36.6 Å².